The topological polar surface area (TPSA) is 68.3 Å². The first-order valence-electron chi connectivity index (χ1n) is 6.26. The molecule has 2 aromatic rings. The molecule has 0 aliphatic carbocycles. The fourth-order valence-electron chi connectivity index (χ4n) is 1.64. The second kappa shape index (κ2) is 7.00. The maximum Gasteiger partial charge on any atom is 0.337 e. The standard InChI is InChI=1S/C16H14N2O3/c1-21-16(20)13-7-4-12(5-8-13)6-9-15(19)18-14-3-2-10-17-11-14/h2-11H,1H3,(H,18,19)/b9-6+. The molecule has 1 aromatic heterocycles. The van der Waals surface area contributed by atoms with Gasteiger partial charge in [0.05, 0.1) is 24.6 Å². The van der Waals surface area contributed by atoms with Gasteiger partial charge in [0.15, 0.2) is 0 Å². The van der Waals surface area contributed by atoms with Crippen molar-refractivity contribution in [2.75, 3.05) is 12.4 Å². The Morgan fingerprint density at radius 1 is 1.19 bits per heavy atom. The van der Waals surface area contributed by atoms with Gasteiger partial charge in [0.2, 0.25) is 5.91 Å². The lowest BCUT2D eigenvalue weighted by Gasteiger charge is -2.01. The normalized spacial score (nSPS) is 10.3. The summed E-state index contributed by atoms with van der Waals surface area (Å²) in [6, 6.07) is 10.3. The number of anilines is 1. The number of aromatic nitrogens is 1. The highest BCUT2D eigenvalue weighted by molar-refractivity contribution is 6.01. The molecule has 0 aliphatic heterocycles. The van der Waals surface area contributed by atoms with E-state index in [0.29, 0.717) is 11.3 Å². The molecule has 1 amide bonds. The van der Waals surface area contributed by atoms with Crippen LogP contribution in [0.15, 0.2) is 54.9 Å². The second-order valence-electron chi connectivity index (χ2n) is 4.18. The Morgan fingerprint density at radius 2 is 1.95 bits per heavy atom. The number of ether oxygens (including phenoxy) is 1. The van der Waals surface area contributed by atoms with Crippen LogP contribution in [-0.4, -0.2) is 24.0 Å². The summed E-state index contributed by atoms with van der Waals surface area (Å²) < 4.78 is 4.61. The average molecular weight is 282 g/mol. The van der Waals surface area contributed by atoms with Crippen molar-refractivity contribution in [3.05, 3.63) is 66.0 Å². The first-order chi connectivity index (χ1) is 10.2. The Bertz CT molecular complexity index is 649. The SMILES string of the molecule is COC(=O)c1ccc(/C=C/C(=O)Nc2cccnc2)cc1. The quantitative estimate of drug-likeness (QED) is 0.691. The van der Waals surface area contributed by atoms with E-state index in [2.05, 4.69) is 15.0 Å². The number of nitrogens with one attached hydrogen (secondary N) is 1. The number of rotatable bonds is 4. The molecule has 21 heavy (non-hydrogen) atoms. The lowest BCUT2D eigenvalue weighted by molar-refractivity contribution is -0.111. The molecule has 106 valence electrons. The van der Waals surface area contributed by atoms with Crippen molar-refractivity contribution < 1.29 is 14.3 Å². The number of hydrogen-bond donors (Lipinski definition) is 1. The molecule has 1 aromatic carbocycles. The van der Waals surface area contributed by atoms with Gasteiger partial charge in [-0.25, -0.2) is 4.79 Å². The fourth-order valence-corrected chi connectivity index (χ4v) is 1.64. The van der Waals surface area contributed by atoms with Gasteiger partial charge >= 0.3 is 5.97 Å². The molecule has 0 fully saturated rings. The molecule has 0 saturated carbocycles. The van der Waals surface area contributed by atoms with E-state index in [1.165, 1.54) is 13.2 Å². The fraction of sp³-hybridized carbons (Fsp3) is 0.0625. The van der Waals surface area contributed by atoms with Crippen LogP contribution in [0, 0.1) is 0 Å². The van der Waals surface area contributed by atoms with Gasteiger partial charge in [-0.1, -0.05) is 12.1 Å². The molecule has 0 unspecified atom stereocenters. The minimum absolute atomic E-state index is 0.250. The van der Waals surface area contributed by atoms with Crippen molar-refractivity contribution in [2.24, 2.45) is 0 Å². The zero-order chi connectivity index (χ0) is 15.1. The van der Waals surface area contributed by atoms with E-state index in [-0.39, 0.29) is 11.9 Å². The van der Waals surface area contributed by atoms with Gasteiger partial charge in [0.25, 0.3) is 0 Å². The third-order valence-corrected chi connectivity index (χ3v) is 2.69. The molecule has 5 heteroatoms. The molecule has 0 spiro atoms. The van der Waals surface area contributed by atoms with E-state index < -0.39 is 0 Å². The highest BCUT2D eigenvalue weighted by atomic mass is 16.5. The van der Waals surface area contributed by atoms with Gasteiger partial charge in [0.1, 0.15) is 0 Å². The number of benzene rings is 1. The predicted molar refractivity (Wildman–Crippen MR) is 79.7 cm³/mol. The third kappa shape index (κ3) is 4.28. The van der Waals surface area contributed by atoms with Crippen LogP contribution >= 0.6 is 0 Å². The highest BCUT2D eigenvalue weighted by Crippen LogP contribution is 2.08. The van der Waals surface area contributed by atoms with Gasteiger partial charge < -0.3 is 10.1 Å². The third-order valence-electron chi connectivity index (χ3n) is 2.69. The van der Waals surface area contributed by atoms with E-state index in [1.54, 1.807) is 54.9 Å². The number of amides is 1. The number of carbonyl (C=O) groups is 2. The number of carbonyl (C=O) groups excluding carboxylic acids is 2. The van der Waals surface area contributed by atoms with Crippen molar-refractivity contribution >= 4 is 23.6 Å². The van der Waals surface area contributed by atoms with Crippen molar-refractivity contribution in [1.29, 1.82) is 0 Å². The van der Waals surface area contributed by atoms with Crippen LogP contribution in [0.25, 0.3) is 6.08 Å². The smallest absolute Gasteiger partial charge is 0.337 e. The van der Waals surface area contributed by atoms with Crippen molar-refractivity contribution in [1.82, 2.24) is 4.98 Å². The molecule has 1 heterocycles. The van der Waals surface area contributed by atoms with Gasteiger partial charge in [0, 0.05) is 12.3 Å². The van der Waals surface area contributed by atoms with Gasteiger partial charge in [-0.05, 0) is 35.9 Å². The van der Waals surface area contributed by atoms with Crippen molar-refractivity contribution in [2.45, 2.75) is 0 Å². The number of hydrogen-bond acceptors (Lipinski definition) is 4. The Morgan fingerprint density at radius 3 is 2.57 bits per heavy atom. The molecule has 0 radical (unpaired) electrons. The zero-order valence-electron chi connectivity index (χ0n) is 11.4. The van der Waals surface area contributed by atoms with Crippen LogP contribution in [0.2, 0.25) is 0 Å². The van der Waals surface area contributed by atoms with Gasteiger partial charge in [-0.15, -0.1) is 0 Å². The Balaban J connectivity index is 1.97. The average Bonchev–Trinajstić information content (AvgIpc) is 2.53. The molecule has 1 N–H and O–H groups in total. The Kier molecular flexibility index (Phi) is 4.82. The van der Waals surface area contributed by atoms with E-state index >= 15 is 0 Å². The van der Waals surface area contributed by atoms with Crippen LogP contribution in [0.1, 0.15) is 15.9 Å². The lowest BCUT2D eigenvalue weighted by Crippen LogP contribution is -2.07. The van der Waals surface area contributed by atoms with Crippen LogP contribution < -0.4 is 5.32 Å². The monoisotopic (exact) mass is 282 g/mol. The Hall–Kier alpha value is -2.95. The van der Waals surface area contributed by atoms with E-state index in [1.807, 2.05) is 0 Å². The summed E-state index contributed by atoms with van der Waals surface area (Å²) in [6.07, 6.45) is 6.28. The van der Waals surface area contributed by atoms with Crippen LogP contribution in [0.5, 0.6) is 0 Å². The summed E-state index contributed by atoms with van der Waals surface area (Å²) in [6.45, 7) is 0. The van der Waals surface area contributed by atoms with E-state index in [4.69, 9.17) is 0 Å². The summed E-state index contributed by atoms with van der Waals surface area (Å²) in [5.41, 5.74) is 1.91. The highest BCUT2D eigenvalue weighted by Gasteiger charge is 2.03. The number of nitrogens with zero attached hydrogens (tertiary/aromatic N) is 1. The number of esters is 1. The molecule has 0 aliphatic rings. The minimum atomic E-state index is -0.389. The Labute approximate surface area is 122 Å². The van der Waals surface area contributed by atoms with E-state index in [9.17, 15) is 9.59 Å². The molecule has 5 nitrogen and oxygen atoms in total. The van der Waals surface area contributed by atoms with Gasteiger partial charge in [-0.3, -0.25) is 9.78 Å². The summed E-state index contributed by atoms with van der Waals surface area (Å²) in [7, 11) is 1.33. The zero-order valence-corrected chi connectivity index (χ0v) is 11.4. The second-order valence-corrected chi connectivity index (χ2v) is 4.18. The van der Waals surface area contributed by atoms with Crippen LogP contribution in [0.4, 0.5) is 5.69 Å². The largest absolute Gasteiger partial charge is 0.465 e. The molecule has 0 atom stereocenters. The van der Waals surface area contributed by atoms with Crippen LogP contribution in [0.3, 0.4) is 0 Å². The molecule has 2 rings (SSSR count). The summed E-state index contributed by atoms with van der Waals surface area (Å²) in [4.78, 5) is 26.9. The summed E-state index contributed by atoms with van der Waals surface area (Å²) >= 11 is 0. The van der Waals surface area contributed by atoms with Crippen LogP contribution in [-0.2, 0) is 9.53 Å². The van der Waals surface area contributed by atoms with E-state index in [0.717, 1.165) is 5.56 Å². The molecular formula is C16H14N2O3. The summed E-state index contributed by atoms with van der Waals surface area (Å²) in [5.74, 6) is -0.639. The molecule has 0 saturated heterocycles. The number of pyridine rings is 1. The van der Waals surface area contributed by atoms with Gasteiger partial charge in [-0.2, -0.15) is 0 Å². The first-order valence-corrected chi connectivity index (χ1v) is 6.26. The predicted octanol–water partition coefficient (Wildman–Crippen LogP) is 2.52. The molecule has 0 bridgehead atoms. The number of methoxy groups -OCH3 is 1. The lowest BCUT2D eigenvalue weighted by atomic mass is 10.1. The summed E-state index contributed by atoms with van der Waals surface area (Å²) in [5, 5.41) is 2.69. The maximum atomic E-state index is 11.7. The minimum Gasteiger partial charge on any atom is -0.465 e. The maximum absolute atomic E-state index is 11.7. The van der Waals surface area contributed by atoms with Crippen molar-refractivity contribution in [3.63, 3.8) is 0 Å². The molecular weight excluding hydrogens is 268 g/mol. The first kappa shape index (κ1) is 14.5. The van der Waals surface area contributed by atoms with Crippen molar-refractivity contribution in [3.8, 4) is 0 Å².